The molecule has 0 aromatic heterocycles. The van der Waals surface area contributed by atoms with Crippen molar-refractivity contribution in [3.05, 3.63) is 76.9 Å². The van der Waals surface area contributed by atoms with E-state index in [4.69, 9.17) is 0 Å². The van der Waals surface area contributed by atoms with E-state index in [-0.39, 0.29) is 12.5 Å². The third-order valence-corrected chi connectivity index (χ3v) is 5.53. The summed E-state index contributed by atoms with van der Waals surface area (Å²) in [4.78, 5) is 1.07. The van der Waals surface area contributed by atoms with E-state index in [0.29, 0.717) is 6.42 Å². The van der Waals surface area contributed by atoms with Crippen molar-refractivity contribution in [2.75, 3.05) is 6.61 Å². The zero-order chi connectivity index (χ0) is 16.9. The Labute approximate surface area is 148 Å². The summed E-state index contributed by atoms with van der Waals surface area (Å²) < 4.78 is 0. The number of aliphatic hydroxyl groups is 2. The molecule has 0 spiro atoms. The lowest BCUT2D eigenvalue weighted by Gasteiger charge is -2.24. The molecule has 2 nitrogen and oxygen atoms in total. The van der Waals surface area contributed by atoms with Crippen LogP contribution in [0.15, 0.2) is 54.6 Å². The second kappa shape index (κ2) is 8.02. The highest BCUT2D eigenvalue weighted by molar-refractivity contribution is 8.08. The Morgan fingerprint density at radius 3 is 2.50 bits per heavy atom. The SMILES string of the molecule is CCc1ccc(Cc2cccc(C3=CC(CO)CC(O)S3)c2)cc1. The van der Waals surface area contributed by atoms with E-state index in [0.717, 1.165) is 23.3 Å². The van der Waals surface area contributed by atoms with Gasteiger partial charge in [-0.2, -0.15) is 0 Å². The van der Waals surface area contributed by atoms with Crippen LogP contribution in [0.1, 0.15) is 35.6 Å². The molecule has 0 bridgehead atoms. The minimum atomic E-state index is -0.438. The molecule has 0 aliphatic carbocycles. The maximum Gasteiger partial charge on any atom is 0.104 e. The Morgan fingerprint density at radius 2 is 1.79 bits per heavy atom. The third-order valence-electron chi connectivity index (χ3n) is 4.44. The van der Waals surface area contributed by atoms with Gasteiger partial charge in [0.25, 0.3) is 0 Å². The second-order valence-electron chi connectivity index (χ2n) is 6.33. The van der Waals surface area contributed by atoms with Crippen molar-refractivity contribution in [3.63, 3.8) is 0 Å². The molecule has 1 aliphatic rings. The summed E-state index contributed by atoms with van der Waals surface area (Å²) in [6.45, 7) is 2.26. The molecular weight excluding hydrogens is 316 g/mol. The predicted molar refractivity (Wildman–Crippen MR) is 102 cm³/mol. The first kappa shape index (κ1) is 17.3. The lowest BCUT2D eigenvalue weighted by atomic mass is 9.99. The summed E-state index contributed by atoms with van der Waals surface area (Å²) in [5.41, 5.74) is 4.62. The van der Waals surface area contributed by atoms with Gasteiger partial charge in [0.1, 0.15) is 5.44 Å². The maximum atomic E-state index is 10.0. The molecular formula is C21H24O2S. The standard InChI is InChI=1S/C21H24O2S/c1-2-15-6-8-16(9-7-15)10-17-4-3-5-19(11-17)20-12-18(14-22)13-21(23)24-20/h3-9,11-12,18,21-23H,2,10,13-14H2,1H3. The molecule has 2 aromatic rings. The first-order valence-electron chi connectivity index (χ1n) is 8.52. The average Bonchev–Trinajstić information content (AvgIpc) is 2.62. The first-order chi connectivity index (χ1) is 11.7. The van der Waals surface area contributed by atoms with Crippen LogP contribution in [0.2, 0.25) is 0 Å². The normalized spacial score (nSPS) is 20.7. The van der Waals surface area contributed by atoms with Crippen molar-refractivity contribution in [1.82, 2.24) is 0 Å². The molecule has 0 fully saturated rings. The van der Waals surface area contributed by atoms with Crippen LogP contribution >= 0.6 is 11.8 Å². The van der Waals surface area contributed by atoms with Crippen molar-refractivity contribution >= 4 is 16.7 Å². The van der Waals surface area contributed by atoms with Gasteiger partial charge in [0.2, 0.25) is 0 Å². The van der Waals surface area contributed by atoms with Crippen molar-refractivity contribution in [1.29, 1.82) is 0 Å². The predicted octanol–water partition coefficient (Wildman–Crippen LogP) is 4.24. The van der Waals surface area contributed by atoms with Gasteiger partial charge in [-0.15, -0.1) is 0 Å². The fourth-order valence-corrected chi connectivity index (χ4v) is 4.20. The van der Waals surface area contributed by atoms with Crippen LogP contribution in [0.5, 0.6) is 0 Å². The molecule has 2 aromatic carbocycles. The zero-order valence-corrected chi connectivity index (χ0v) is 14.8. The van der Waals surface area contributed by atoms with Crippen LogP contribution < -0.4 is 0 Å². The number of hydrogen-bond donors (Lipinski definition) is 2. The summed E-state index contributed by atoms with van der Waals surface area (Å²) in [7, 11) is 0. The van der Waals surface area contributed by atoms with Crippen LogP contribution in [0.25, 0.3) is 4.91 Å². The van der Waals surface area contributed by atoms with E-state index in [1.165, 1.54) is 28.5 Å². The van der Waals surface area contributed by atoms with Gasteiger partial charge in [-0.3, -0.25) is 0 Å². The van der Waals surface area contributed by atoms with E-state index in [2.05, 4.69) is 61.5 Å². The monoisotopic (exact) mass is 340 g/mol. The fourth-order valence-electron chi connectivity index (χ4n) is 3.03. The van der Waals surface area contributed by atoms with Gasteiger partial charge >= 0.3 is 0 Å². The van der Waals surface area contributed by atoms with Gasteiger partial charge in [-0.25, -0.2) is 0 Å². The molecule has 0 amide bonds. The van der Waals surface area contributed by atoms with Crippen molar-refractivity contribution in [2.24, 2.45) is 5.92 Å². The van der Waals surface area contributed by atoms with Crippen molar-refractivity contribution in [2.45, 2.75) is 31.6 Å². The molecule has 126 valence electrons. The lowest BCUT2D eigenvalue weighted by Crippen LogP contribution is -2.16. The minimum absolute atomic E-state index is 0.0431. The highest BCUT2D eigenvalue weighted by Crippen LogP contribution is 2.39. The number of thioether (sulfide) groups is 1. The van der Waals surface area contributed by atoms with E-state index in [1.807, 2.05) is 0 Å². The molecule has 2 unspecified atom stereocenters. The minimum Gasteiger partial charge on any atom is -0.396 e. The van der Waals surface area contributed by atoms with Crippen LogP contribution in [-0.4, -0.2) is 22.3 Å². The Morgan fingerprint density at radius 1 is 1.04 bits per heavy atom. The highest BCUT2D eigenvalue weighted by atomic mass is 32.2. The number of benzene rings is 2. The summed E-state index contributed by atoms with van der Waals surface area (Å²) in [5, 5.41) is 19.4. The van der Waals surface area contributed by atoms with Gasteiger partial charge < -0.3 is 10.2 Å². The Balaban J connectivity index is 1.79. The third kappa shape index (κ3) is 4.29. The molecule has 0 saturated carbocycles. The smallest absolute Gasteiger partial charge is 0.104 e. The molecule has 0 saturated heterocycles. The highest BCUT2D eigenvalue weighted by Gasteiger charge is 2.21. The van der Waals surface area contributed by atoms with Crippen LogP contribution in [0, 0.1) is 5.92 Å². The fraction of sp³-hybridized carbons (Fsp3) is 0.333. The molecule has 0 radical (unpaired) electrons. The first-order valence-corrected chi connectivity index (χ1v) is 9.40. The average molecular weight is 340 g/mol. The van der Waals surface area contributed by atoms with E-state index in [9.17, 15) is 10.2 Å². The zero-order valence-electron chi connectivity index (χ0n) is 14.0. The molecule has 2 N–H and O–H groups in total. The van der Waals surface area contributed by atoms with Crippen LogP contribution in [0.4, 0.5) is 0 Å². The number of rotatable bonds is 5. The molecule has 2 atom stereocenters. The van der Waals surface area contributed by atoms with Gasteiger partial charge in [-0.1, -0.05) is 73.3 Å². The van der Waals surface area contributed by atoms with Gasteiger partial charge in [0.05, 0.1) is 0 Å². The summed E-state index contributed by atoms with van der Waals surface area (Å²) >= 11 is 1.48. The topological polar surface area (TPSA) is 40.5 Å². The Bertz CT molecular complexity index is 706. The quantitative estimate of drug-likeness (QED) is 0.855. The van der Waals surface area contributed by atoms with E-state index in [1.54, 1.807) is 0 Å². The van der Waals surface area contributed by atoms with E-state index < -0.39 is 5.44 Å². The summed E-state index contributed by atoms with van der Waals surface area (Å²) in [5.74, 6) is 0.0431. The van der Waals surface area contributed by atoms with Crippen LogP contribution in [-0.2, 0) is 12.8 Å². The molecule has 24 heavy (non-hydrogen) atoms. The summed E-state index contributed by atoms with van der Waals surface area (Å²) in [6.07, 6.45) is 4.68. The summed E-state index contributed by atoms with van der Waals surface area (Å²) in [6, 6.07) is 17.3. The second-order valence-corrected chi connectivity index (χ2v) is 7.55. The molecule has 3 heteroatoms. The molecule has 1 heterocycles. The number of aliphatic hydroxyl groups excluding tert-OH is 2. The Kier molecular flexibility index (Phi) is 5.77. The Hall–Kier alpha value is -1.55. The van der Waals surface area contributed by atoms with Crippen molar-refractivity contribution < 1.29 is 10.2 Å². The van der Waals surface area contributed by atoms with Gasteiger partial charge in [-0.05, 0) is 41.5 Å². The maximum absolute atomic E-state index is 10.0. The van der Waals surface area contributed by atoms with Gasteiger partial charge in [0, 0.05) is 17.4 Å². The molecule has 1 aliphatic heterocycles. The lowest BCUT2D eigenvalue weighted by molar-refractivity contribution is 0.189. The molecule has 3 rings (SSSR count). The number of hydrogen-bond acceptors (Lipinski definition) is 3. The number of aryl methyl sites for hydroxylation is 1. The van der Waals surface area contributed by atoms with Crippen LogP contribution in [0.3, 0.4) is 0 Å². The van der Waals surface area contributed by atoms with E-state index >= 15 is 0 Å². The van der Waals surface area contributed by atoms with Crippen molar-refractivity contribution in [3.8, 4) is 0 Å². The largest absolute Gasteiger partial charge is 0.396 e. The van der Waals surface area contributed by atoms with Gasteiger partial charge in [0.15, 0.2) is 0 Å².